The summed E-state index contributed by atoms with van der Waals surface area (Å²) in [5.41, 5.74) is 0.139. The Hall–Kier alpha value is -0.870. The summed E-state index contributed by atoms with van der Waals surface area (Å²) in [4.78, 5) is 10.6. The molecule has 0 radical (unpaired) electrons. The number of sulfone groups is 1. The van der Waals surface area contributed by atoms with Crippen molar-refractivity contribution in [2.45, 2.75) is 16.5 Å². The Morgan fingerprint density at radius 3 is 2.43 bits per heavy atom. The summed E-state index contributed by atoms with van der Waals surface area (Å²) in [7, 11) is -3.59. The zero-order chi connectivity index (χ0) is 10.8. The van der Waals surface area contributed by atoms with Gasteiger partial charge in [-0.15, -0.1) is 11.6 Å². The third-order valence-electron chi connectivity index (χ3n) is 1.78. The highest BCUT2D eigenvalue weighted by Crippen LogP contribution is 2.20. The Morgan fingerprint density at radius 1 is 1.36 bits per heavy atom. The van der Waals surface area contributed by atoms with Crippen molar-refractivity contribution < 1.29 is 13.2 Å². The molecule has 0 aliphatic heterocycles. The lowest BCUT2D eigenvalue weighted by Crippen LogP contribution is -2.13. The van der Waals surface area contributed by atoms with Gasteiger partial charge < -0.3 is 0 Å². The molecule has 0 spiro atoms. The van der Waals surface area contributed by atoms with E-state index in [1.807, 2.05) is 0 Å². The van der Waals surface area contributed by atoms with Crippen LogP contribution in [0.5, 0.6) is 0 Å². The number of hydrogen-bond donors (Lipinski definition) is 0. The van der Waals surface area contributed by atoms with E-state index in [0.29, 0.717) is 6.29 Å². The van der Waals surface area contributed by atoms with Crippen molar-refractivity contribution in [1.29, 1.82) is 0 Å². The first-order valence-electron chi connectivity index (χ1n) is 3.92. The first kappa shape index (κ1) is 11.2. The highest BCUT2D eigenvalue weighted by molar-refractivity contribution is 7.93. The number of alkyl halides is 1. The van der Waals surface area contributed by atoms with Crippen LogP contribution in [0, 0.1) is 0 Å². The molecular formula is C9H9ClO3S. The molecule has 0 N–H and O–H groups in total. The quantitative estimate of drug-likeness (QED) is 0.591. The number of hydrogen-bond acceptors (Lipinski definition) is 3. The molecule has 1 atom stereocenters. The Morgan fingerprint density at radius 2 is 1.93 bits per heavy atom. The molecule has 0 aromatic heterocycles. The number of benzene rings is 1. The third kappa shape index (κ3) is 1.96. The molecule has 0 aliphatic rings. The molecule has 3 nitrogen and oxygen atoms in total. The summed E-state index contributed by atoms with van der Waals surface area (Å²) in [5.74, 6) is 0. The minimum Gasteiger partial charge on any atom is -0.298 e. The van der Waals surface area contributed by atoms with E-state index in [9.17, 15) is 13.2 Å². The van der Waals surface area contributed by atoms with E-state index in [4.69, 9.17) is 11.6 Å². The van der Waals surface area contributed by atoms with Gasteiger partial charge in [0.2, 0.25) is 0 Å². The zero-order valence-electron chi connectivity index (χ0n) is 7.48. The van der Waals surface area contributed by atoms with Crippen molar-refractivity contribution in [2.75, 3.05) is 0 Å². The molecule has 0 amide bonds. The molecule has 1 aromatic rings. The van der Waals surface area contributed by atoms with Crippen LogP contribution in [-0.4, -0.2) is 19.4 Å². The lowest BCUT2D eigenvalue weighted by molar-refractivity contribution is 0.112. The van der Waals surface area contributed by atoms with Crippen molar-refractivity contribution in [1.82, 2.24) is 0 Å². The topological polar surface area (TPSA) is 51.2 Å². The van der Waals surface area contributed by atoms with Gasteiger partial charge in [0, 0.05) is 5.56 Å². The van der Waals surface area contributed by atoms with Gasteiger partial charge in [0.1, 0.15) is 4.71 Å². The maximum Gasteiger partial charge on any atom is 0.195 e. The maximum atomic E-state index is 11.6. The van der Waals surface area contributed by atoms with Gasteiger partial charge in [0.25, 0.3) is 0 Å². The van der Waals surface area contributed by atoms with Crippen LogP contribution in [0.1, 0.15) is 17.3 Å². The van der Waals surface area contributed by atoms with Gasteiger partial charge in [0.05, 0.1) is 4.90 Å². The number of halogens is 1. The summed E-state index contributed by atoms with van der Waals surface area (Å²) in [6.07, 6.45) is 0.506. The van der Waals surface area contributed by atoms with Gasteiger partial charge >= 0.3 is 0 Å². The molecule has 0 fully saturated rings. The van der Waals surface area contributed by atoms with E-state index in [-0.39, 0.29) is 10.5 Å². The molecule has 0 bridgehead atoms. The molecule has 1 rings (SSSR count). The van der Waals surface area contributed by atoms with Gasteiger partial charge in [-0.3, -0.25) is 4.79 Å². The van der Waals surface area contributed by atoms with Gasteiger partial charge in [0.15, 0.2) is 16.1 Å². The lowest BCUT2D eigenvalue weighted by Gasteiger charge is -2.07. The smallest absolute Gasteiger partial charge is 0.195 e. The Kier molecular flexibility index (Phi) is 3.29. The summed E-state index contributed by atoms with van der Waals surface area (Å²) in [5, 5.41) is 0. The Bertz CT molecular complexity index is 437. The van der Waals surface area contributed by atoms with Gasteiger partial charge in [-0.1, -0.05) is 18.2 Å². The molecule has 14 heavy (non-hydrogen) atoms. The van der Waals surface area contributed by atoms with Crippen molar-refractivity contribution in [2.24, 2.45) is 0 Å². The Balaban J connectivity index is 3.40. The summed E-state index contributed by atoms with van der Waals surface area (Å²) in [6, 6.07) is 5.97. The third-order valence-corrected chi connectivity index (χ3v) is 4.32. The molecule has 1 aromatic carbocycles. The first-order chi connectivity index (χ1) is 6.50. The number of aldehydes is 1. The average Bonchev–Trinajstić information content (AvgIpc) is 2.17. The lowest BCUT2D eigenvalue weighted by atomic mass is 10.2. The van der Waals surface area contributed by atoms with Crippen LogP contribution in [-0.2, 0) is 9.84 Å². The molecule has 5 heteroatoms. The van der Waals surface area contributed by atoms with Crippen molar-refractivity contribution >= 4 is 27.7 Å². The first-order valence-corrected chi connectivity index (χ1v) is 5.90. The van der Waals surface area contributed by atoms with Crippen LogP contribution in [0.25, 0.3) is 0 Å². The Labute approximate surface area is 87.6 Å². The molecule has 1 unspecified atom stereocenters. The second-order valence-corrected chi connectivity index (χ2v) is 5.89. The van der Waals surface area contributed by atoms with Crippen LogP contribution in [0.15, 0.2) is 29.2 Å². The number of carbonyl (C=O) groups is 1. The fraction of sp³-hybridized carbons (Fsp3) is 0.222. The fourth-order valence-corrected chi connectivity index (χ4v) is 2.36. The molecule has 0 aliphatic carbocycles. The molecular weight excluding hydrogens is 224 g/mol. The highest BCUT2D eigenvalue weighted by Gasteiger charge is 2.23. The van der Waals surface area contributed by atoms with E-state index < -0.39 is 14.5 Å². The van der Waals surface area contributed by atoms with E-state index in [0.717, 1.165) is 0 Å². The fourth-order valence-electron chi connectivity index (χ4n) is 1.01. The monoisotopic (exact) mass is 232 g/mol. The SMILES string of the molecule is CC(Cl)S(=O)(=O)c1ccccc1C=O. The normalized spacial score (nSPS) is 13.6. The van der Waals surface area contributed by atoms with Crippen LogP contribution in [0.3, 0.4) is 0 Å². The van der Waals surface area contributed by atoms with Crippen LogP contribution >= 0.6 is 11.6 Å². The summed E-state index contributed by atoms with van der Waals surface area (Å²) >= 11 is 5.53. The molecule has 0 saturated carbocycles. The standard InChI is InChI=1S/C9H9ClO3S/c1-7(10)14(12,13)9-5-3-2-4-8(9)6-11/h2-7H,1H3. The predicted octanol–water partition coefficient (Wildman–Crippen LogP) is 1.86. The second kappa shape index (κ2) is 4.11. The molecule has 76 valence electrons. The van der Waals surface area contributed by atoms with Gasteiger partial charge in [-0.2, -0.15) is 0 Å². The largest absolute Gasteiger partial charge is 0.298 e. The van der Waals surface area contributed by atoms with Crippen LogP contribution in [0.4, 0.5) is 0 Å². The average molecular weight is 233 g/mol. The summed E-state index contributed by atoms with van der Waals surface area (Å²) in [6.45, 7) is 1.36. The molecule has 0 heterocycles. The van der Waals surface area contributed by atoms with E-state index in [2.05, 4.69) is 0 Å². The van der Waals surface area contributed by atoms with E-state index >= 15 is 0 Å². The van der Waals surface area contributed by atoms with Gasteiger partial charge in [-0.05, 0) is 13.0 Å². The zero-order valence-corrected chi connectivity index (χ0v) is 9.05. The van der Waals surface area contributed by atoms with Gasteiger partial charge in [-0.25, -0.2) is 8.42 Å². The number of rotatable bonds is 3. The second-order valence-electron chi connectivity index (χ2n) is 2.74. The molecule has 0 saturated heterocycles. The van der Waals surface area contributed by atoms with Crippen molar-refractivity contribution in [3.8, 4) is 0 Å². The van der Waals surface area contributed by atoms with E-state index in [1.54, 1.807) is 12.1 Å². The van der Waals surface area contributed by atoms with Crippen molar-refractivity contribution in [3.63, 3.8) is 0 Å². The number of carbonyl (C=O) groups excluding carboxylic acids is 1. The van der Waals surface area contributed by atoms with Crippen LogP contribution < -0.4 is 0 Å². The predicted molar refractivity (Wildman–Crippen MR) is 54.3 cm³/mol. The minimum atomic E-state index is -3.59. The highest BCUT2D eigenvalue weighted by atomic mass is 35.5. The summed E-state index contributed by atoms with van der Waals surface area (Å²) < 4.78 is 22.2. The van der Waals surface area contributed by atoms with Crippen molar-refractivity contribution in [3.05, 3.63) is 29.8 Å². The van der Waals surface area contributed by atoms with Crippen LogP contribution in [0.2, 0.25) is 0 Å². The minimum absolute atomic E-state index is 0.0162. The van der Waals surface area contributed by atoms with E-state index in [1.165, 1.54) is 19.1 Å². The maximum absolute atomic E-state index is 11.6.